The number of aryl methyl sites for hydroxylation is 1. The van der Waals surface area contributed by atoms with Crippen molar-refractivity contribution in [1.29, 1.82) is 0 Å². The molecule has 0 radical (unpaired) electrons. The summed E-state index contributed by atoms with van der Waals surface area (Å²) < 4.78 is 0. The zero-order valence-corrected chi connectivity index (χ0v) is 12.5. The number of nitrogens with one attached hydrogen (secondary N) is 2. The molecule has 5 nitrogen and oxygen atoms in total. The predicted molar refractivity (Wildman–Crippen MR) is 81.6 cm³/mol. The Morgan fingerprint density at radius 1 is 1.19 bits per heavy atom. The van der Waals surface area contributed by atoms with E-state index in [1.54, 1.807) is 13.1 Å². The van der Waals surface area contributed by atoms with Crippen molar-refractivity contribution in [3.8, 4) is 0 Å². The molecular weight excluding hydrogens is 268 g/mol. The molecule has 0 saturated heterocycles. The second kappa shape index (κ2) is 6.61. The van der Waals surface area contributed by atoms with Gasteiger partial charge in [0.25, 0.3) is 5.91 Å². The smallest absolute Gasteiger partial charge is 0.306 e. The van der Waals surface area contributed by atoms with Crippen LogP contribution in [0, 0.1) is 12.8 Å². The summed E-state index contributed by atoms with van der Waals surface area (Å²) in [5, 5.41) is 15.1. The van der Waals surface area contributed by atoms with Crippen LogP contribution in [0.5, 0.6) is 0 Å². The lowest BCUT2D eigenvalue weighted by molar-refractivity contribution is -0.142. The van der Waals surface area contributed by atoms with Crippen LogP contribution in [-0.4, -0.2) is 30.1 Å². The maximum absolute atomic E-state index is 11.7. The molecule has 3 N–H and O–H groups in total. The molecule has 1 aliphatic rings. The van der Waals surface area contributed by atoms with Crippen molar-refractivity contribution >= 4 is 17.6 Å². The number of aliphatic carboxylic acids is 1. The van der Waals surface area contributed by atoms with E-state index >= 15 is 0 Å². The van der Waals surface area contributed by atoms with Crippen molar-refractivity contribution in [3.05, 3.63) is 29.3 Å². The quantitative estimate of drug-likeness (QED) is 0.795. The summed E-state index contributed by atoms with van der Waals surface area (Å²) in [7, 11) is 1.61. The minimum Gasteiger partial charge on any atom is -0.481 e. The topological polar surface area (TPSA) is 78.4 Å². The summed E-state index contributed by atoms with van der Waals surface area (Å²) in [6.45, 7) is 2.00. The average molecular weight is 290 g/mol. The molecule has 0 unspecified atom stereocenters. The van der Waals surface area contributed by atoms with Crippen LogP contribution < -0.4 is 10.6 Å². The number of benzene rings is 1. The van der Waals surface area contributed by atoms with Gasteiger partial charge >= 0.3 is 5.97 Å². The number of carboxylic acids is 1. The van der Waals surface area contributed by atoms with Gasteiger partial charge in [0.2, 0.25) is 0 Å². The van der Waals surface area contributed by atoms with Crippen molar-refractivity contribution in [1.82, 2.24) is 5.32 Å². The zero-order chi connectivity index (χ0) is 15.4. The first-order valence-electron chi connectivity index (χ1n) is 7.33. The number of hydrogen-bond acceptors (Lipinski definition) is 3. The van der Waals surface area contributed by atoms with Gasteiger partial charge in [-0.3, -0.25) is 9.59 Å². The number of anilines is 1. The third-order valence-electron chi connectivity index (χ3n) is 4.16. The molecule has 1 saturated carbocycles. The summed E-state index contributed by atoms with van der Waals surface area (Å²) in [5.41, 5.74) is 2.67. The summed E-state index contributed by atoms with van der Waals surface area (Å²) in [6, 6.07) is 5.87. The van der Waals surface area contributed by atoms with Crippen LogP contribution in [0.15, 0.2) is 18.2 Å². The van der Waals surface area contributed by atoms with Crippen LogP contribution in [0.25, 0.3) is 0 Å². The van der Waals surface area contributed by atoms with Crippen LogP contribution >= 0.6 is 0 Å². The number of rotatable bonds is 4. The third kappa shape index (κ3) is 3.74. The molecule has 114 valence electrons. The van der Waals surface area contributed by atoms with Gasteiger partial charge < -0.3 is 15.7 Å². The number of hydrogen-bond donors (Lipinski definition) is 3. The fraction of sp³-hybridized carbons (Fsp3) is 0.500. The van der Waals surface area contributed by atoms with Crippen molar-refractivity contribution in [2.45, 2.75) is 38.6 Å². The van der Waals surface area contributed by atoms with E-state index in [1.165, 1.54) is 0 Å². The van der Waals surface area contributed by atoms with Crippen LogP contribution in [0.2, 0.25) is 0 Å². The van der Waals surface area contributed by atoms with E-state index in [0.29, 0.717) is 18.4 Å². The van der Waals surface area contributed by atoms with Crippen molar-refractivity contribution in [2.75, 3.05) is 12.4 Å². The van der Waals surface area contributed by atoms with E-state index in [4.69, 9.17) is 5.11 Å². The van der Waals surface area contributed by atoms with Crippen molar-refractivity contribution < 1.29 is 14.7 Å². The summed E-state index contributed by atoms with van der Waals surface area (Å²) in [6.07, 6.45) is 3.11. The first-order chi connectivity index (χ1) is 10.0. The maximum Gasteiger partial charge on any atom is 0.306 e. The first-order valence-corrected chi connectivity index (χ1v) is 7.33. The minimum atomic E-state index is -0.689. The largest absolute Gasteiger partial charge is 0.481 e. The Kier molecular flexibility index (Phi) is 4.83. The molecule has 1 amide bonds. The van der Waals surface area contributed by atoms with Crippen LogP contribution in [0.1, 0.15) is 41.6 Å². The maximum atomic E-state index is 11.7. The Morgan fingerprint density at radius 3 is 2.43 bits per heavy atom. The van der Waals surface area contributed by atoms with Gasteiger partial charge in [0, 0.05) is 24.3 Å². The lowest BCUT2D eigenvalue weighted by Gasteiger charge is -2.28. The van der Waals surface area contributed by atoms with E-state index in [1.807, 2.05) is 19.1 Å². The second-order valence-electron chi connectivity index (χ2n) is 5.64. The van der Waals surface area contributed by atoms with Crippen LogP contribution in [0.3, 0.4) is 0 Å². The molecule has 5 heteroatoms. The molecule has 1 aliphatic carbocycles. The Hall–Kier alpha value is -2.04. The zero-order valence-electron chi connectivity index (χ0n) is 12.5. The summed E-state index contributed by atoms with van der Waals surface area (Å²) in [5.74, 6) is -1.000. The molecule has 0 aliphatic heterocycles. The lowest BCUT2D eigenvalue weighted by Crippen LogP contribution is -2.29. The highest BCUT2D eigenvalue weighted by atomic mass is 16.4. The van der Waals surface area contributed by atoms with Crippen LogP contribution in [0.4, 0.5) is 5.69 Å². The fourth-order valence-corrected chi connectivity index (χ4v) is 2.77. The highest BCUT2D eigenvalue weighted by Gasteiger charge is 2.26. The molecule has 1 fully saturated rings. The molecule has 1 aromatic carbocycles. The molecular formula is C16H22N2O3. The van der Waals surface area contributed by atoms with E-state index in [-0.39, 0.29) is 17.9 Å². The lowest BCUT2D eigenvalue weighted by atomic mass is 9.86. The second-order valence-corrected chi connectivity index (χ2v) is 5.64. The molecule has 0 heterocycles. The predicted octanol–water partition coefficient (Wildman–Crippen LogP) is 2.41. The Bertz CT molecular complexity index is 534. The van der Waals surface area contributed by atoms with E-state index in [2.05, 4.69) is 10.6 Å². The fourth-order valence-electron chi connectivity index (χ4n) is 2.77. The molecule has 1 aromatic rings. The van der Waals surface area contributed by atoms with Gasteiger partial charge in [-0.1, -0.05) is 6.07 Å². The third-order valence-corrected chi connectivity index (χ3v) is 4.16. The number of carbonyl (C=O) groups excluding carboxylic acids is 1. The highest BCUT2D eigenvalue weighted by molar-refractivity contribution is 5.95. The van der Waals surface area contributed by atoms with Crippen LogP contribution in [-0.2, 0) is 4.79 Å². The number of amides is 1. The van der Waals surface area contributed by atoms with E-state index in [0.717, 1.165) is 24.1 Å². The molecule has 21 heavy (non-hydrogen) atoms. The summed E-state index contributed by atoms with van der Waals surface area (Å²) in [4.78, 5) is 22.6. The van der Waals surface area contributed by atoms with Gasteiger partial charge in [0.1, 0.15) is 0 Å². The van der Waals surface area contributed by atoms with Gasteiger partial charge in [-0.25, -0.2) is 0 Å². The number of carbonyl (C=O) groups is 2. The van der Waals surface area contributed by atoms with E-state index in [9.17, 15) is 9.59 Å². The summed E-state index contributed by atoms with van der Waals surface area (Å²) >= 11 is 0. The van der Waals surface area contributed by atoms with E-state index < -0.39 is 5.97 Å². The van der Waals surface area contributed by atoms with Gasteiger partial charge in [-0.15, -0.1) is 0 Å². The first kappa shape index (κ1) is 15.4. The Labute approximate surface area is 124 Å². The SMILES string of the molecule is CNC(=O)c1ccc(C)c(NC2CCC(C(=O)O)CC2)c1. The minimum absolute atomic E-state index is 0.104. The molecule has 0 aromatic heterocycles. The monoisotopic (exact) mass is 290 g/mol. The molecule has 0 bridgehead atoms. The molecule has 2 rings (SSSR count). The standard InChI is InChI=1S/C16H22N2O3/c1-10-3-4-12(15(19)17-2)9-14(10)18-13-7-5-11(6-8-13)16(20)21/h3-4,9,11,13,18H,5-8H2,1-2H3,(H,17,19)(H,20,21). The number of carboxylic acid groups (broad SMARTS) is 1. The molecule has 0 spiro atoms. The highest BCUT2D eigenvalue weighted by Crippen LogP contribution is 2.28. The van der Waals surface area contributed by atoms with Gasteiger partial charge in [-0.2, -0.15) is 0 Å². The normalized spacial score (nSPS) is 21.6. The van der Waals surface area contributed by atoms with Crippen molar-refractivity contribution in [2.24, 2.45) is 5.92 Å². The van der Waals surface area contributed by atoms with Crippen molar-refractivity contribution in [3.63, 3.8) is 0 Å². The van der Waals surface area contributed by atoms with Gasteiger partial charge in [0.05, 0.1) is 5.92 Å². The van der Waals surface area contributed by atoms with Gasteiger partial charge in [0.15, 0.2) is 0 Å². The average Bonchev–Trinajstić information content (AvgIpc) is 2.49. The Balaban J connectivity index is 2.03. The van der Waals surface area contributed by atoms with Gasteiger partial charge in [-0.05, 0) is 50.3 Å². The molecule has 0 atom stereocenters. The Morgan fingerprint density at radius 2 is 1.86 bits per heavy atom.